The molecule has 0 bridgehead atoms. The maximum absolute atomic E-state index is 11.6. The second-order valence-corrected chi connectivity index (χ2v) is 5.78. The van der Waals surface area contributed by atoms with Crippen molar-refractivity contribution in [2.24, 2.45) is 0 Å². The number of hydrogen-bond donors (Lipinski definition) is 2. The van der Waals surface area contributed by atoms with E-state index in [2.05, 4.69) is 21.2 Å². The van der Waals surface area contributed by atoms with E-state index in [9.17, 15) is 4.79 Å². The number of carbonyl (C=O) groups is 1. The van der Waals surface area contributed by atoms with Crippen molar-refractivity contribution in [2.75, 3.05) is 11.5 Å². The summed E-state index contributed by atoms with van der Waals surface area (Å²) in [7, 11) is 0. The number of carbonyl (C=O) groups excluding carboxylic acids is 1. The van der Waals surface area contributed by atoms with Crippen LogP contribution in [0.5, 0.6) is 0 Å². The lowest BCUT2D eigenvalue weighted by atomic mass is 10.3. The van der Waals surface area contributed by atoms with Gasteiger partial charge in [-0.3, -0.25) is 4.79 Å². The lowest BCUT2D eigenvalue weighted by Crippen LogP contribution is -2.33. The number of thioether (sulfide) groups is 1. The van der Waals surface area contributed by atoms with E-state index in [4.69, 9.17) is 5.73 Å². The molecule has 0 aliphatic carbocycles. The van der Waals surface area contributed by atoms with E-state index >= 15 is 0 Å². The van der Waals surface area contributed by atoms with Crippen LogP contribution < -0.4 is 11.1 Å². The van der Waals surface area contributed by atoms with Gasteiger partial charge in [-0.1, -0.05) is 22.9 Å². The summed E-state index contributed by atoms with van der Waals surface area (Å²) in [5.74, 6) is 0.439. The molecule has 1 aromatic carbocycles. The summed E-state index contributed by atoms with van der Waals surface area (Å²) in [6.07, 6.45) is 0.940. The first kappa shape index (κ1) is 14.4. The summed E-state index contributed by atoms with van der Waals surface area (Å²) in [5, 5.41) is 2.92. The van der Waals surface area contributed by atoms with Crippen LogP contribution in [0, 0.1) is 0 Å². The topological polar surface area (TPSA) is 55.1 Å². The van der Waals surface area contributed by atoms with Crippen molar-refractivity contribution in [2.45, 2.75) is 31.2 Å². The largest absolute Gasteiger partial charge is 0.398 e. The Morgan fingerprint density at radius 2 is 2.29 bits per heavy atom. The van der Waals surface area contributed by atoms with E-state index in [1.807, 2.05) is 32.0 Å². The van der Waals surface area contributed by atoms with Crippen molar-refractivity contribution in [3.8, 4) is 0 Å². The number of rotatable bonds is 5. The van der Waals surface area contributed by atoms with Crippen LogP contribution in [-0.4, -0.2) is 17.7 Å². The van der Waals surface area contributed by atoms with Crippen LogP contribution in [0.15, 0.2) is 27.6 Å². The van der Waals surface area contributed by atoms with Gasteiger partial charge in [0, 0.05) is 21.1 Å². The van der Waals surface area contributed by atoms with Gasteiger partial charge in [0.1, 0.15) is 0 Å². The van der Waals surface area contributed by atoms with Gasteiger partial charge in [0.05, 0.1) is 5.75 Å². The zero-order valence-corrected chi connectivity index (χ0v) is 12.4. The maximum atomic E-state index is 11.6. The van der Waals surface area contributed by atoms with E-state index in [0.717, 1.165) is 15.8 Å². The summed E-state index contributed by atoms with van der Waals surface area (Å²) in [5.41, 5.74) is 6.53. The quantitative estimate of drug-likeness (QED) is 0.648. The molecule has 0 spiro atoms. The van der Waals surface area contributed by atoms with Gasteiger partial charge in [0.2, 0.25) is 5.91 Å². The molecule has 0 radical (unpaired) electrons. The van der Waals surface area contributed by atoms with E-state index < -0.39 is 0 Å². The number of nitrogens with two attached hydrogens (primary N) is 1. The van der Waals surface area contributed by atoms with Gasteiger partial charge in [-0.15, -0.1) is 11.8 Å². The number of hydrogen-bond acceptors (Lipinski definition) is 3. The predicted octanol–water partition coefficient (Wildman–Crippen LogP) is 3.04. The lowest BCUT2D eigenvalue weighted by molar-refractivity contribution is -0.119. The highest BCUT2D eigenvalue weighted by Crippen LogP contribution is 2.27. The summed E-state index contributed by atoms with van der Waals surface area (Å²) in [4.78, 5) is 12.5. The second kappa shape index (κ2) is 6.91. The van der Waals surface area contributed by atoms with E-state index in [0.29, 0.717) is 11.4 Å². The van der Waals surface area contributed by atoms with Crippen LogP contribution in [-0.2, 0) is 4.79 Å². The molecule has 17 heavy (non-hydrogen) atoms. The smallest absolute Gasteiger partial charge is 0.230 e. The van der Waals surface area contributed by atoms with Crippen molar-refractivity contribution < 1.29 is 4.79 Å². The van der Waals surface area contributed by atoms with Crippen LogP contribution in [0.3, 0.4) is 0 Å². The normalized spacial score (nSPS) is 12.2. The van der Waals surface area contributed by atoms with E-state index in [1.54, 1.807) is 0 Å². The molecule has 0 heterocycles. The highest BCUT2D eigenvalue weighted by Gasteiger charge is 2.08. The summed E-state index contributed by atoms with van der Waals surface area (Å²) in [6.45, 7) is 4.04. The fourth-order valence-corrected chi connectivity index (χ4v) is 2.52. The third-order valence-electron chi connectivity index (χ3n) is 2.35. The molecular formula is C12H17BrN2OS. The number of halogens is 1. The van der Waals surface area contributed by atoms with Crippen LogP contribution >= 0.6 is 27.7 Å². The van der Waals surface area contributed by atoms with Gasteiger partial charge < -0.3 is 11.1 Å². The molecule has 0 aliphatic rings. The molecule has 0 saturated heterocycles. The fraction of sp³-hybridized carbons (Fsp3) is 0.417. The second-order valence-electron chi connectivity index (χ2n) is 3.85. The van der Waals surface area contributed by atoms with Gasteiger partial charge in [-0.2, -0.15) is 0 Å². The average Bonchev–Trinajstić information content (AvgIpc) is 2.30. The number of amides is 1. The predicted molar refractivity (Wildman–Crippen MR) is 77.2 cm³/mol. The van der Waals surface area contributed by atoms with Crippen molar-refractivity contribution in [3.05, 3.63) is 22.7 Å². The van der Waals surface area contributed by atoms with E-state index in [1.165, 1.54) is 11.8 Å². The molecular weight excluding hydrogens is 300 g/mol. The van der Waals surface area contributed by atoms with Crippen LogP contribution in [0.25, 0.3) is 0 Å². The lowest BCUT2D eigenvalue weighted by Gasteiger charge is -2.11. The Labute approximate surface area is 115 Å². The average molecular weight is 317 g/mol. The number of benzene rings is 1. The Bertz CT molecular complexity index is 398. The molecule has 3 N–H and O–H groups in total. The first-order valence-corrected chi connectivity index (χ1v) is 7.28. The number of nitrogen functional groups attached to an aromatic ring is 1. The van der Waals surface area contributed by atoms with Crippen molar-refractivity contribution in [1.29, 1.82) is 0 Å². The Morgan fingerprint density at radius 3 is 2.94 bits per heavy atom. The summed E-state index contributed by atoms with van der Waals surface area (Å²) in [6, 6.07) is 5.87. The van der Waals surface area contributed by atoms with Crippen LogP contribution in [0.1, 0.15) is 20.3 Å². The first-order valence-electron chi connectivity index (χ1n) is 5.50. The number of anilines is 1. The van der Waals surface area contributed by atoms with Gasteiger partial charge in [-0.05, 0) is 31.5 Å². The van der Waals surface area contributed by atoms with Gasteiger partial charge in [-0.25, -0.2) is 0 Å². The molecule has 1 amide bonds. The standard InChI is InChI=1S/C12H17BrN2OS/c1-3-8(2)15-12(16)7-17-11-6-9(13)4-5-10(11)14/h4-6,8H,3,7,14H2,1-2H3,(H,15,16). The third-order valence-corrected chi connectivity index (χ3v) is 3.92. The third kappa shape index (κ3) is 5.00. The van der Waals surface area contributed by atoms with Gasteiger partial charge >= 0.3 is 0 Å². The SMILES string of the molecule is CCC(C)NC(=O)CSc1cc(Br)ccc1N. The first-order chi connectivity index (χ1) is 8.02. The van der Waals surface area contributed by atoms with Crippen molar-refractivity contribution in [3.63, 3.8) is 0 Å². The summed E-state index contributed by atoms with van der Waals surface area (Å²) < 4.78 is 0.969. The minimum absolute atomic E-state index is 0.0451. The molecule has 1 atom stereocenters. The highest BCUT2D eigenvalue weighted by molar-refractivity contribution is 9.10. The van der Waals surface area contributed by atoms with Crippen LogP contribution in [0.2, 0.25) is 0 Å². The Kier molecular flexibility index (Phi) is 5.85. The van der Waals surface area contributed by atoms with Crippen molar-refractivity contribution >= 4 is 39.3 Å². The Balaban J connectivity index is 2.50. The fourth-order valence-electron chi connectivity index (χ4n) is 1.20. The molecule has 1 aromatic rings. The molecule has 1 rings (SSSR count). The molecule has 94 valence electrons. The zero-order chi connectivity index (χ0) is 12.8. The molecule has 0 saturated carbocycles. The highest BCUT2D eigenvalue weighted by atomic mass is 79.9. The molecule has 3 nitrogen and oxygen atoms in total. The Morgan fingerprint density at radius 1 is 1.59 bits per heavy atom. The van der Waals surface area contributed by atoms with Crippen molar-refractivity contribution in [1.82, 2.24) is 5.32 Å². The zero-order valence-electron chi connectivity index (χ0n) is 10.00. The minimum atomic E-state index is 0.0451. The Hall–Kier alpha value is -0.680. The molecule has 0 fully saturated rings. The molecule has 1 unspecified atom stereocenters. The van der Waals surface area contributed by atoms with Gasteiger partial charge in [0.25, 0.3) is 0 Å². The maximum Gasteiger partial charge on any atom is 0.230 e. The van der Waals surface area contributed by atoms with Gasteiger partial charge in [0.15, 0.2) is 0 Å². The molecule has 5 heteroatoms. The molecule has 0 aromatic heterocycles. The molecule has 0 aliphatic heterocycles. The van der Waals surface area contributed by atoms with Crippen LogP contribution in [0.4, 0.5) is 5.69 Å². The van der Waals surface area contributed by atoms with E-state index in [-0.39, 0.29) is 11.9 Å². The number of nitrogens with one attached hydrogen (secondary N) is 1. The monoisotopic (exact) mass is 316 g/mol. The summed E-state index contributed by atoms with van der Waals surface area (Å²) >= 11 is 4.84. The minimum Gasteiger partial charge on any atom is -0.398 e.